The first-order valence-corrected chi connectivity index (χ1v) is 6.99. The molecule has 1 rings (SSSR count). The van der Waals surface area contributed by atoms with E-state index in [9.17, 15) is 9.59 Å². The molecule has 0 bridgehead atoms. The first-order valence-electron chi connectivity index (χ1n) is 6.62. The van der Waals surface area contributed by atoms with Crippen molar-refractivity contribution in [1.82, 2.24) is 4.90 Å². The van der Waals surface area contributed by atoms with Gasteiger partial charge in [0.05, 0.1) is 0 Å². The Kier molecular flexibility index (Phi) is 6.02. The van der Waals surface area contributed by atoms with Crippen LogP contribution in [0, 0.1) is 6.92 Å². The minimum absolute atomic E-state index is 0.0206. The summed E-state index contributed by atoms with van der Waals surface area (Å²) in [6.45, 7) is 6.12. The second-order valence-corrected chi connectivity index (χ2v) is 5.46. The summed E-state index contributed by atoms with van der Waals surface area (Å²) in [5, 5.41) is 9.30. The van der Waals surface area contributed by atoms with E-state index < -0.39 is 5.97 Å². The Morgan fingerprint density at radius 3 is 2.50 bits per heavy atom. The number of rotatable bonds is 6. The Morgan fingerprint density at radius 2 is 2.00 bits per heavy atom. The number of amides is 1. The summed E-state index contributed by atoms with van der Waals surface area (Å²) in [5.41, 5.74) is 1.43. The molecule has 1 N–H and O–H groups in total. The number of aliphatic carboxylic acids is 1. The van der Waals surface area contributed by atoms with Crippen LogP contribution in [-0.2, 0) is 4.79 Å². The number of carbonyl (C=O) groups is 2. The van der Waals surface area contributed by atoms with Crippen molar-refractivity contribution in [2.45, 2.75) is 39.7 Å². The molecule has 0 aromatic heterocycles. The highest BCUT2D eigenvalue weighted by molar-refractivity contribution is 6.31. The van der Waals surface area contributed by atoms with Gasteiger partial charge in [-0.25, -0.2) is 0 Å². The Morgan fingerprint density at radius 1 is 1.35 bits per heavy atom. The van der Waals surface area contributed by atoms with Crippen LogP contribution in [0.5, 0.6) is 0 Å². The van der Waals surface area contributed by atoms with Crippen LogP contribution < -0.4 is 0 Å². The molecule has 0 fully saturated rings. The number of aryl methyl sites for hydroxylation is 1. The van der Waals surface area contributed by atoms with Crippen molar-refractivity contribution in [3.63, 3.8) is 0 Å². The van der Waals surface area contributed by atoms with Gasteiger partial charge in [0, 0.05) is 29.6 Å². The second-order valence-electron chi connectivity index (χ2n) is 5.05. The largest absolute Gasteiger partial charge is 0.481 e. The van der Waals surface area contributed by atoms with Gasteiger partial charge >= 0.3 is 5.97 Å². The van der Waals surface area contributed by atoms with Crippen LogP contribution >= 0.6 is 11.6 Å². The Labute approximate surface area is 124 Å². The third-order valence-corrected chi connectivity index (χ3v) is 3.50. The normalized spacial score (nSPS) is 10.7. The van der Waals surface area contributed by atoms with Crippen molar-refractivity contribution in [2.24, 2.45) is 0 Å². The monoisotopic (exact) mass is 297 g/mol. The lowest BCUT2D eigenvalue weighted by molar-refractivity contribution is -0.137. The highest BCUT2D eigenvalue weighted by Gasteiger charge is 2.19. The summed E-state index contributed by atoms with van der Waals surface area (Å²) in [6, 6.07) is 5.19. The summed E-state index contributed by atoms with van der Waals surface area (Å²) in [7, 11) is 0. The molecular formula is C15H20ClNO3. The zero-order valence-corrected chi connectivity index (χ0v) is 12.8. The second kappa shape index (κ2) is 7.29. The fraction of sp³-hybridized carbons (Fsp3) is 0.467. The number of carboxylic acid groups (broad SMARTS) is 1. The van der Waals surface area contributed by atoms with E-state index in [2.05, 4.69) is 0 Å². The third-order valence-electron chi connectivity index (χ3n) is 3.08. The van der Waals surface area contributed by atoms with E-state index in [1.54, 1.807) is 23.1 Å². The molecule has 4 nitrogen and oxygen atoms in total. The highest BCUT2D eigenvalue weighted by Crippen LogP contribution is 2.18. The molecule has 20 heavy (non-hydrogen) atoms. The molecule has 1 aromatic rings. The molecule has 110 valence electrons. The molecule has 1 aromatic carbocycles. The number of halogens is 1. The Bertz CT molecular complexity index is 500. The predicted octanol–water partition coefficient (Wildman–Crippen LogP) is 3.36. The molecule has 0 saturated heterocycles. The fourth-order valence-corrected chi connectivity index (χ4v) is 2.06. The molecule has 5 heteroatoms. The maximum atomic E-state index is 12.5. The summed E-state index contributed by atoms with van der Waals surface area (Å²) in [5.74, 6) is -0.936. The molecule has 0 unspecified atom stereocenters. The van der Waals surface area contributed by atoms with Crippen molar-refractivity contribution >= 4 is 23.5 Å². The van der Waals surface area contributed by atoms with Gasteiger partial charge in [0.1, 0.15) is 0 Å². The summed E-state index contributed by atoms with van der Waals surface area (Å²) in [6.07, 6.45) is 0.516. The highest BCUT2D eigenvalue weighted by atomic mass is 35.5. The summed E-state index contributed by atoms with van der Waals surface area (Å²) in [4.78, 5) is 24.7. The van der Waals surface area contributed by atoms with Crippen LogP contribution in [0.25, 0.3) is 0 Å². The molecular weight excluding hydrogens is 278 g/mol. The van der Waals surface area contributed by atoms with Crippen molar-refractivity contribution < 1.29 is 14.7 Å². The molecule has 0 spiro atoms. The Balaban J connectivity index is 2.82. The molecule has 0 aliphatic rings. The van der Waals surface area contributed by atoms with Gasteiger partial charge < -0.3 is 10.0 Å². The molecule has 0 heterocycles. The molecule has 0 atom stereocenters. The van der Waals surface area contributed by atoms with Gasteiger partial charge in [-0.1, -0.05) is 11.6 Å². The van der Waals surface area contributed by atoms with Crippen LogP contribution in [-0.4, -0.2) is 34.5 Å². The molecule has 0 aliphatic heterocycles. The average molecular weight is 298 g/mol. The average Bonchev–Trinajstić information content (AvgIpc) is 2.36. The van der Waals surface area contributed by atoms with E-state index >= 15 is 0 Å². The third kappa shape index (κ3) is 4.53. The van der Waals surface area contributed by atoms with E-state index in [-0.39, 0.29) is 18.4 Å². The zero-order valence-electron chi connectivity index (χ0n) is 12.0. The van der Waals surface area contributed by atoms with Gasteiger partial charge in [0.2, 0.25) is 0 Å². The van der Waals surface area contributed by atoms with E-state index in [1.807, 2.05) is 20.8 Å². The van der Waals surface area contributed by atoms with Crippen LogP contribution in [0.2, 0.25) is 5.02 Å². The lowest BCUT2D eigenvalue weighted by Crippen LogP contribution is -2.38. The Hall–Kier alpha value is -1.55. The van der Waals surface area contributed by atoms with Crippen LogP contribution in [0.4, 0.5) is 0 Å². The number of hydrogen-bond acceptors (Lipinski definition) is 2. The van der Waals surface area contributed by atoms with Gasteiger partial charge in [-0.05, 0) is 51.0 Å². The molecule has 0 saturated carbocycles. The number of carbonyl (C=O) groups excluding carboxylic acids is 1. The van der Waals surface area contributed by atoms with Crippen LogP contribution in [0.15, 0.2) is 18.2 Å². The number of benzene rings is 1. The number of nitrogens with zero attached hydrogens (tertiary/aromatic N) is 1. The van der Waals surface area contributed by atoms with Gasteiger partial charge in [-0.3, -0.25) is 9.59 Å². The quantitative estimate of drug-likeness (QED) is 0.876. The van der Waals surface area contributed by atoms with Gasteiger partial charge in [0.15, 0.2) is 0 Å². The SMILES string of the molecule is Cc1cc(C(=O)N(CCCC(=O)O)C(C)C)ccc1Cl. The van der Waals surface area contributed by atoms with Crippen molar-refractivity contribution in [2.75, 3.05) is 6.54 Å². The van der Waals surface area contributed by atoms with Gasteiger partial charge in [-0.15, -0.1) is 0 Å². The first-order chi connectivity index (χ1) is 9.32. The van der Waals surface area contributed by atoms with E-state index in [0.29, 0.717) is 23.6 Å². The zero-order chi connectivity index (χ0) is 15.3. The number of carboxylic acids is 1. The summed E-state index contributed by atoms with van der Waals surface area (Å²) >= 11 is 5.96. The van der Waals surface area contributed by atoms with E-state index in [4.69, 9.17) is 16.7 Å². The van der Waals surface area contributed by atoms with Crippen molar-refractivity contribution in [3.05, 3.63) is 34.3 Å². The smallest absolute Gasteiger partial charge is 0.303 e. The van der Waals surface area contributed by atoms with Crippen LogP contribution in [0.3, 0.4) is 0 Å². The van der Waals surface area contributed by atoms with Gasteiger partial charge in [-0.2, -0.15) is 0 Å². The maximum Gasteiger partial charge on any atom is 0.303 e. The minimum Gasteiger partial charge on any atom is -0.481 e. The molecule has 0 radical (unpaired) electrons. The fourth-order valence-electron chi connectivity index (χ4n) is 1.94. The lowest BCUT2D eigenvalue weighted by atomic mass is 10.1. The van der Waals surface area contributed by atoms with Gasteiger partial charge in [0.25, 0.3) is 5.91 Å². The summed E-state index contributed by atoms with van der Waals surface area (Å²) < 4.78 is 0. The lowest BCUT2D eigenvalue weighted by Gasteiger charge is -2.27. The molecule has 0 aliphatic carbocycles. The minimum atomic E-state index is -0.844. The topological polar surface area (TPSA) is 57.6 Å². The predicted molar refractivity (Wildman–Crippen MR) is 79.2 cm³/mol. The first kappa shape index (κ1) is 16.5. The van der Waals surface area contributed by atoms with E-state index in [1.165, 1.54) is 0 Å². The van der Waals surface area contributed by atoms with Crippen molar-refractivity contribution in [3.8, 4) is 0 Å². The van der Waals surface area contributed by atoms with Crippen molar-refractivity contribution in [1.29, 1.82) is 0 Å². The molecule has 1 amide bonds. The maximum absolute atomic E-state index is 12.5. The number of hydrogen-bond donors (Lipinski definition) is 1. The van der Waals surface area contributed by atoms with Crippen LogP contribution in [0.1, 0.15) is 42.6 Å². The standard InChI is InChI=1S/C15H20ClNO3/c1-10(2)17(8-4-5-14(18)19)15(20)12-6-7-13(16)11(3)9-12/h6-7,9-10H,4-5,8H2,1-3H3,(H,18,19). The van der Waals surface area contributed by atoms with E-state index in [0.717, 1.165) is 5.56 Å².